The molecule has 1 aliphatic heterocycles. The third-order valence-electron chi connectivity index (χ3n) is 4.14. The molecule has 1 N–H and O–H groups in total. The van der Waals surface area contributed by atoms with E-state index in [2.05, 4.69) is 23.8 Å². The Labute approximate surface area is 135 Å². The summed E-state index contributed by atoms with van der Waals surface area (Å²) >= 11 is 0. The summed E-state index contributed by atoms with van der Waals surface area (Å²) in [6, 6.07) is 3.81. The zero-order valence-electron chi connectivity index (χ0n) is 13.6. The van der Waals surface area contributed by atoms with E-state index in [0.29, 0.717) is 25.4 Å². The van der Waals surface area contributed by atoms with E-state index >= 15 is 0 Å². The molecule has 0 spiro atoms. The van der Waals surface area contributed by atoms with E-state index < -0.39 is 0 Å². The van der Waals surface area contributed by atoms with Gasteiger partial charge < -0.3 is 14.8 Å². The Hall–Kier alpha value is -2.37. The fourth-order valence-electron chi connectivity index (χ4n) is 2.99. The van der Waals surface area contributed by atoms with Crippen LogP contribution in [0.3, 0.4) is 0 Å². The van der Waals surface area contributed by atoms with Crippen molar-refractivity contribution in [2.75, 3.05) is 26.2 Å². The third kappa shape index (κ3) is 3.36. The van der Waals surface area contributed by atoms with Gasteiger partial charge in [0.2, 0.25) is 11.8 Å². The molecular weight excluding hydrogens is 292 g/mol. The van der Waals surface area contributed by atoms with Gasteiger partial charge in [0.15, 0.2) is 0 Å². The van der Waals surface area contributed by atoms with Crippen molar-refractivity contribution >= 4 is 22.8 Å². The number of piperazine rings is 1. The molecule has 6 heteroatoms. The van der Waals surface area contributed by atoms with Gasteiger partial charge in [-0.25, -0.2) is 4.98 Å². The molecule has 0 bridgehead atoms. The molecule has 3 rings (SSSR count). The number of hydrogen-bond acceptors (Lipinski definition) is 3. The van der Waals surface area contributed by atoms with E-state index in [4.69, 9.17) is 0 Å². The summed E-state index contributed by atoms with van der Waals surface area (Å²) in [5.41, 5.74) is 1.71. The number of carbonyl (C=O) groups excluding carboxylic acids is 2. The summed E-state index contributed by atoms with van der Waals surface area (Å²) in [7, 11) is 0. The number of aromatic amines is 1. The van der Waals surface area contributed by atoms with Crippen molar-refractivity contribution in [2.45, 2.75) is 20.3 Å². The predicted molar refractivity (Wildman–Crippen MR) is 87.8 cm³/mol. The molecule has 0 saturated carbocycles. The highest BCUT2D eigenvalue weighted by Gasteiger charge is 2.27. The molecule has 1 saturated heterocycles. The van der Waals surface area contributed by atoms with Crippen LogP contribution >= 0.6 is 0 Å². The van der Waals surface area contributed by atoms with Crippen molar-refractivity contribution in [3.8, 4) is 0 Å². The molecule has 2 aromatic rings. The van der Waals surface area contributed by atoms with Crippen molar-refractivity contribution in [3.63, 3.8) is 0 Å². The van der Waals surface area contributed by atoms with Gasteiger partial charge in [-0.3, -0.25) is 9.59 Å². The van der Waals surface area contributed by atoms with Crippen LogP contribution < -0.4 is 0 Å². The molecule has 6 nitrogen and oxygen atoms in total. The van der Waals surface area contributed by atoms with Gasteiger partial charge in [-0.1, -0.05) is 13.8 Å². The highest BCUT2D eigenvalue weighted by Crippen LogP contribution is 2.17. The van der Waals surface area contributed by atoms with E-state index in [1.807, 2.05) is 23.2 Å². The van der Waals surface area contributed by atoms with Gasteiger partial charge in [0.25, 0.3) is 0 Å². The summed E-state index contributed by atoms with van der Waals surface area (Å²) < 4.78 is 0. The lowest BCUT2D eigenvalue weighted by Crippen LogP contribution is -2.53. The molecule has 0 aromatic carbocycles. The Balaban J connectivity index is 1.64. The van der Waals surface area contributed by atoms with Gasteiger partial charge >= 0.3 is 0 Å². The average Bonchev–Trinajstić information content (AvgIpc) is 2.92. The highest BCUT2D eigenvalue weighted by atomic mass is 16.2. The summed E-state index contributed by atoms with van der Waals surface area (Å²) in [5, 5.41) is 0.964. The second-order valence-electron chi connectivity index (χ2n) is 6.44. The number of hydrogen-bond donors (Lipinski definition) is 1. The molecule has 122 valence electrons. The van der Waals surface area contributed by atoms with Crippen molar-refractivity contribution in [2.24, 2.45) is 5.92 Å². The lowest BCUT2D eigenvalue weighted by Gasteiger charge is -2.35. The third-order valence-corrected chi connectivity index (χ3v) is 4.14. The predicted octanol–water partition coefficient (Wildman–Crippen LogP) is 1.43. The number of rotatable bonds is 4. The molecule has 1 fully saturated rings. The van der Waals surface area contributed by atoms with E-state index in [0.717, 1.165) is 23.1 Å². The maximum atomic E-state index is 12.5. The molecule has 0 atom stereocenters. The summed E-state index contributed by atoms with van der Waals surface area (Å²) in [5.74, 6) is 0.478. The number of amides is 2. The van der Waals surface area contributed by atoms with Crippen molar-refractivity contribution in [1.82, 2.24) is 19.8 Å². The fourth-order valence-corrected chi connectivity index (χ4v) is 2.99. The second kappa shape index (κ2) is 6.40. The molecule has 0 unspecified atom stereocenters. The zero-order valence-corrected chi connectivity index (χ0v) is 13.6. The first kappa shape index (κ1) is 15.5. The van der Waals surface area contributed by atoms with Crippen LogP contribution in [0.2, 0.25) is 0 Å². The summed E-state index contributed by atoms with van der Waals surface area (Å²) in [6.45, 7) is 6.36. The lowest BCUT2D eigenvalue weighted by atomic mass is 10.1. The smallest absolute Gasteiger partial charge is 0.242 e. The number of pyridine rings is 1. The van der Waals surface area contributed by atoms with Crippen LogP contribution in [0.15, 0.2) is 24.5 Å². The minimum atomic E-state index is -0.00713. The van der Waals surface area contributed by atoms with Crippen LogP contribution in [-0.4, -0.2) is 57.8 Å². The quantitative estimate of drug-likeness (QED) is 0.928. The van der Waals surface area contributed by atoms with Crippen molar-refractivity contribution < 1.29 is 9.59 Å². The summed E-state index contributed by atoms with van der Waals surface area (Å²) in [6.07, 6.45) is 3.84. The molecule has 2 aromatic heterocycles. The van der Waals surface area contributed by atoms with Crippen LogP contribution in [0, 0.1) is 5.92 Å². The Morgan fingerprint density at radius 1 is 1.39 bits per heavy atom. The second-order valence-corrected chi connectivity index (χ2v) is 6.44. The number of nitrogens with one attached hydrogen (secondary N) is 1. The maximum Gasteiger partial charge on any atom is 0.242 e. The molecule has 0 aliphatic carbocycles. The monoisotopic (exact) mass is 314 g/mol. The van der Waals surface area contributed by atoms with Crippen LogP contribution in [-0.2, 0) is 16.0 Å². The molecule has 0 radical (unpaired) electrons. The largest absolute Gasteiger partial charge is 0.346 e. The number of aromatic nitrogens is 2. The Bertz CT molecular complexity index is 722. The minimum absolute atomic E-state index is 0.00713. The van der Waals surface area contributed by atoms with E-state index in [9.17, 15) is 9.59 Å². The van der Waals surface area contributed by atoms with E-state index in [1.165, 1.54) is 0 Å². The van der Waals surface area contributed by atoms with Gasteiger partial charge in [0.1, 0.15) is 5.65 Å². The molecule has 1 aliphatic rings. The zero-order chi connectivity index (χ0) is 16.4. The van der Waals surface area contributed by atoms with Crippen LogP contribution in [0.25, 0.3) is 11.0 Å². The number of fused-ring (bicyclic) bond motifs is 1. The normalized spacial score (nSPS) is 15.7. The number of carbonyl (C=O) groups is 2. The number of H-pyrrole nitrogens is 1. The first-order valence-corrected chi connectivity index (χ1v) is 8.01. The van der Waals surface area contributed by atoms with Gasteiger partial charge in [-0.05, 0) is 23.6 Å². The van der Waals surface area contributed by atoms with Crippen LogP contribution in [0.4, 0.5) is 0 Å². The SMILES string of the molecule is CC(C)CN1CCN(C(=O)Cc2c[nH]c3ncccc23)CC1=O. The van der Waals surface area contributed by atoms with E-state index in [1.54, 1.807) is 11.1 Å². The van der Waals surface area contributed by atoms with Crippen LogP contribution in [0.5, 0.6) is 0 Å². The summed E-state index contributed by atoms with van der Waals surface area (Å²) in [4.78, 5) is 35.5. The van der Waals surface area contributed by atoms with Gasteiger partial charge in [-0.15, -0.1) is 0 Å². The molecule has 3 heterocycles. The standard InChI is InChI=1S/C17H22N4O2/c1-12(2)10-20-6-7-21(11-16(20)23)15(22)8-13-9-19-17-14(13)4-3-5-18-17/h3-5,9,12H,6-8,10-11H2,1-2H3,(H,18,19). The van der Waals surface area contributed by atoms with Gasteiger partial charge in [0.05, 0.1) is 13.0 Å². The first-order chi connectivity index (χ1) is 11.0. The van der Waals surface area contributed by atoms with E-state index in [-0.39, 0.29) is 18.4 Å². The highest BCUT2D eigenvalue weighted by molar-refractivity contribution is 5.90. The van der Waals surface area contributed by atoms with Crippen LogP contribution in [0.1, 0.15) is 19.4 Å². The molecule has 2 amide bonds. The first-order valence-electron chi connectivity index (χ1n) is 8.01. The maximum absolute atomic E-state index is 12.5. The Kier molecular flexibility index (Phi) is 4.32. The molecule has 23 heavy (non-hydrogen) atoms. The molecular formula is C17H22N4O2. The van der Waals surface area contributed by atoms with Gasteiger partial charge in [-0.2, -0.15) is 0 Å². The average molecular weight is 314 g/mol. The Morgan fingerprint density at radius 2 is 2.22 bits per heavy atom. The fraction of sp³-hybridized carbons (Fsp3) is 0.471. The Morgan fingerprint density at radius 3 is 2.96 bits per heavy atom. The van der Waals surface area contributed by atoms with Crippen molar-refractivity contribution in [3.05, 3.63) is 30.1 Å². The lowest BCUT2D eigenvalue weighted by molar-refractivity contribution is -0.145. The number of nitrogens with zero attached hydrogens (tertiary/aromatic N) is 3. The van der Waals surface area contributed by atoms with Gasteiger partial charge in [0, 0.05) is 37.4 Å². The minimum Gasteiger partial charge on any atom is -0.346 e. The van der Waals surface area contributed by atoms with Crippen molar-refractivity contribution in [1.29, 1.82) is 0 Å². The topological polar surface area (TPSA) is 69.3 Å².